The zero-order valence-electron chi connectivity index (χ0n) is 14.3. The topological polar surface area (TPSA) is 69.4 Å². The van der Waals surface area contributed by atoms with Crippen LogP contribution in [-0.4, -0.2) is 24.0 Å². The average molecular weight is 321 g/mol. The fraction of sp³-hybridized carbons (Fsp3) is 0.611. The summed E-state index contributed by atoms with van der Waals surface area (Å²) in [6.45, 7) is 5.93. The van der Waals surface area contributed by atoms with Gasteiger partial charge in [0.25, 0.3) is 0 Å². The first-order chi connectivity index (χ1) is 11.0. The molecule has 1 fully saturated rings. The van der Waals surface area contributed by atoms with Crippen molar-refractivity contribution in [2.75, 3.05) is 13.2 Å². The number of ether oxygens (including phenoxy) is 1. The maximum Gasteiger partial charge on any atom is 0.306 e. The quantitative estimate of drug-likeness (QED) is 0.434. The number of carbonyl (C=O) groups excluding carboxylic acids is 1. The summed E-state index contributed by atoms with van der Waals surface area (Å²) in [7, 11) is 0. The lowest BCUT2D eigenvalue weighted by Crippen LogP contribution is -2.45. The molecule has 0 saturated heterocycles. The summed E-state index contributed by atoms with van der Waals surface area (Å²) >= 11 is 0. The SMILES string of the molecule is CC.CCOC(=O)CC1(C[N+](=O)[O-])CC(Cc2ccccc2)C1. The molecule has 0 spiro atoms. The Bertz CT molecular complexity index is 495. The fourth-order valence-corrected chi connectivity index (χ4v) is 3.38. The zero-order valence-corrected chi connectivity index (χ0v) is 14.3. The molecule has 5 heteroatoms. The van der Waals surface area contributed by atoms with Gasteiger partial charge in [-0.25, -0.2) is 0 Å². The molecule has 5 nitrogen and oxygen atoms in total. The molecule has 0 unspecified atom stereocenters. The second kappa shape index (κ2) is 9.28. The summed E-state index contributed by atoms with van der Waals surface area (Å²) in [5.41, 5.74) is 0.739. The molecule has 128 valence electrons. The van der Waals surface area contributed by atoms with E-state index in [4.69, 9.17) is 4.74 Å². The second-order valence-electron chi connectivity index (χ2n) is 5.94. The second-order valence-corrected chi connectivity index (χ2v) is 5.94. The van der Waals surface area contributed by atoms with Crippen LogP contribution in [0.3, 0.4) is 0 Å². The molecule has 0 N–H and O–H groups in total. The van der Waals surface area contributed by atoms with E-state index in [1.165, 1.54) is 5.56 Å². The van der Waals surface area contributed by atoms with Crippen LogP contribution in [0.2, 0.25) is 0 Å². The van der Waals surface area contributed by atoms with Gasteiger partial charge in [-0.2, -0.15) is 0 Å². The molecule has 2 rings (SSSR count). The minimum Gasteiger partial charge on any atom is -0.466 e. The summed E-state index contributed by atoms with van der Waals surface area (Å²) in [4.78, 5) is 22.2. The summed E-state index contributed by atoms with van der Waals surface area (Å²) < 4.78 is 4.95. The smallest absolute Gasteiger partial charge is 0.306 e. The van der Waals surface area contributed by atoms with Crippen LogP contribution in [0.1, 0.15) is 45.6 Å². The Morgan fingerprint density at radius 3 is 2.43 bits per heavy atom. The first-order valence-electron chi connectivity index (χ1n) is 8.34. The molecule has 0 heterocycles. The average Bonchev–Trinajstić information content (AvgIpc) is 2.48. The summed E-state index contributed by atoms with van der Waals surface area (Å²) in [5, 5.41) is 10.9. The molecule has 1 saturated carbocycles. The van der Waals surface area contributed by atoms with Crippen molar-refractivity contribution in [3.05, 3.63) is 46.0 Å². The number of nitrogens with zero attached hydrogens (tertiary/aromatic N) is 1. The molecule has 0 aromatic heterocycles. The van der Waals surface area contributed by atoms with E-state index in [9.17, 15) is 14.9 Å². The van der Waals surface area contributed by atoms with Gasteiger partial charge in [-0.3, -0.25) is 14.9 Å². The standard InChI is InChI=1S/C16H21NO4.C2H6/c1-2-21-15(18)11-16(12-17(19)20)9-14(10-16)8-13-6-4-3-5-7-13;1-2/h3-7,14H,2,8-12H2,1H3;1-2H3. The Labute approximate surface area is 138 Å². The Kier molecular flexibility index (Phi) is 7.72. The molecule has 1 aromatic rings. The van der Waals surface area contributed by atoms with Gasteiger partial charge in [0.2, 0.25) is 6.54 Å². The van der Waals surface area contributed by atoms with Crippen LogP contribution >= 0.6 is 0 Å². The first kappa shape index (κ1) is 19.1. The molecule has 0 bridgehead atoms. The minimum absolute atomic E-state index is 0.142. The third kappa shape index (κ3) is 6.00. The van der Waals surface area contributed by atoms with Crippen LogP contribution < -0.4 is 0 Å². The Hall–Kier alpha value is -1.91. The van der Waals surface area contributed by atoms with Crippen molar-refractivity contribution in [2.24, 2.45) is 11.3 Å². The van der Waals surface area contributed by atoms with Crippen LogP contribution in [0.15, 0.2) is 30.3 Å². The highest BCUT2D eigenvalue weighted by atomic mass is 16.6. The molecule has 1 aliphatic carbocycles. The molecule has 0 aliphatic heterocycles. The number of hydrogen-bond donors (Lipinski definition) is 0. The first-order valence-corrected chi connectivity index (χ1v) is 8.34. The van der Waals surface area contributed by atoms with Crippen molar-refractivity contribution in [2.45, 2.75) is 46.5 Å². The molecular formula is C18H27NO4. The van der Waals surface area contributed by atoms with E-state index in [1.54, 1.807) is 6.92 Å². The van der Waals surface area contributed by atoms with Crippen molar-refractivity contribution in [1.82, 2.24) is 0 Å². The summed E-state index contributed by atoms with van der Waals surface area (Å²) in [6, 6.07) is 10.1. The lowest BCUT2D eigenvalue weighted by Gasteiger charge is -2.44. The number of nitro groups is 1. The lowest BCUT2D eigenvalue weighted by atomic mass is 9.59. The Morgan fingerprint density at radius 1 is 1.30 bits per heavy atom. The minimum atomic E-state index is -0.505. The largest absolute Gasteiger partial charge is 0.466 e. The molecule has 23 heavy (non-hydrogen) atoms. The van der Waals surface area contributed by atoms with Gasteiger partial charge in [0.05, 0.1) is 13.0 Å². The van der Waals surface area contributed by atoms with Crippen molar-refractivity contribution in [3.8, 4) is 0 Å². The highest BCUT2D eigenvalue weighted by Gasteiger charge is 2.49. The van der Waals surface area contributed by atoms with Crippen molar-refractivity contribution in [1.29, 1.82) is 0 Å². The van der Waals surface area contributed by atoms with Crippen LogP contribution in [0.5, 0.6) is 0 Å². The monoisotopic (exact) mass is 321 g/mol. The number of hydrogen-bond acceptors (Lipinski definition) is 4. The highest BCUT2D eigenvalue weighted by molar-refractivity contribution is 5.70. The number of esters is 1. The number of carbonyl (C=O) groups is 1. The maximum absolute atomic E-state index is 11.7. The van der Waals surface area contributed by atoms with E-state index in [0.717, 1.165) is 19.3 Å². The van der Waals surface area contributed by atoms with Gasteiger partial charge in [-0.1, -0.05) is 44.2 Å². The third-order valence-electron chi connectivity index (χ3n) is 4.10. The van der Waals surface area contributed by atoms with Crippen LogP contribution in [0.4, 0.5) is 0 Å². The lowest BCUT2D eigenvalue weighted by molar-refractivity contribution is -0.503. The van der Waals surface area contributed by atoms with Crippen LogP contribution in [0.25, 0.3) is 0 Å². The van der Waals surface area contributed by atoms with Crippen LogP contribution in [0, 0.1) is 21.4 Å². The van der Waals surface area contributed by atoms with Crippen LogP contribution in [-0.2, 0) is 16.0 Å². The fourth-order valence-electron chi connectivity index (χ4n) is 3.38. The normalized spacial score (nSPS) is 22.3. The van der Waals surface area contributed by atoms with E-state index in [-0.39, 0.29) is 23.9 Å². The molecule has 0 atom stereocenters. The van der Waals surface area contributed by atoms with Gasteiger partial charge in [0.15, 0.2) is 0 Å². The predicted molar refractivity (Wildman–Crippen MR) is 89.8 cm³/mol. The highest BCUT2D eigenvalue weighted by Crippen LogP contribution is 2.49. The van der Waals surface area contributed by atoms with E-state index < -0.39 is 5.41 Å². The van der Waals surface area contributed by atoms with Crippen molar-refractivity contribution in [3.63, 3.8) is 0 Å². The van der Waals surface area contributed by atoms with Gasteiger partial charge in [0.1, 0.15) is 0 Å². The maximum atomic E-state index is 11.7. The van der Waals surface area contributed by atoms with Crippen molar-refractivity contribution >= 4 is 5.97 Å². The molecule has 0 radical (unpaired) electrons. The Balaban J connectivity index is 0.00000127. The number of rotatable bonds is 7. The summed E-state index contributed by atoms with van der Waals surface area (Å²) in [5.74, 6) is 0.0966. The molecule has 1 aromatic carbocycles. The Morgan fingerprint density at radius 2 is 1.91 bits per heavy atom. The predicted octanol–water partition coefficient (Wildman–Crippen LogP) is 3.88. The molecular weight excluding hydrogens is 294 g/mol. The van der Waals surface area contributed by atoms with E-state index in [1.807, 2.05) is 32.0 Å². The van der Waals surface area contributed by atoms with Gasteiger partial charge in [-0.05, 0) is 37.7 Å². The van der Waals surface area contributed by atoms with Gasteiger partial charge in [-0.15, -0.1) is 0 Å². The van der Waals surface area contributed by atoms with E-state index >= 15 is 0 Å². The number of benzene rings is 1. The van der Waals surface area contributed by atoms with E-state index in [0.29, 0.717) is 12.5 Å². The summed E-state index contributed by atoms with van der Waals surface area (Å²) in [6.07, 6.45) is 2.53. The van der Waals surface area contributed by atoms with Gasteiger partial charge >= 0.3 is 5.97 Å². The van der Waals surface area contributed by atoms with Gasteiger partial charge in [0, 0.05) is 10.3 Å². The zero-order chi connectivity index (χ0) is 17.3. The molecule has 1 aliphatic rings. The molecule has 0 amide bonds. The van der Waals surface area contributed by atoms with Gasteiger partial charge < -0.3 is 4.74 Å². The van der Waals surface area contributed by atoms with Crippen molar-refractivity contribution < 1.29 is 14.5 Å². The third-order valence-corrected chi connectivity index (χ3v) is 4.10. The van der Waals surface area contributed by atoms with E-state index in [2.05, 4.69) is 12.1 Å².